The molecule has 0 spiro atoms. The van der Waals surface area contributed by atoms with Crippen LogP contribution in [0.15, 0.2) is 30.3 Å². The SMILES string of the molecule is Cc1ccc2cccc(NC(=O)CC(C)C)c2n1.[HH]. The van der Waals surface area contributed by atoms with Crippen LogP contribution in [0, 0.1) is 12.8 Å². The van der Waals surface area contributed by atoms with Gasteiger partial charge in [0, 0.05) is 18.9 Å². The van der Waals surface area contributed by atoms with Gasteiger partial charge in [-0.1, -0.05) is 32.0 Å². The van der Waals surface area contributed by atoms with Crippen LogP contribution in [0.25, 0.3) is 10.9 Å². The van der Waals surface area contributed by atoms with Crippen LogP contribution in [-0.2, 0) is 4.79 Å². The van der Waals surface area contributed by atoms with E-state index in [4.69, 9.17) is 0 Å². The minimum absolute atomic E-state index is 0. The lowest BCUT2D eigenvalue weighted by molar-refractivity contribution is -0.116. The Bertz CT molecular complexity index is 581. The van der Waals surface area contributed by atoms with E-state index in [1.807, 2.05) is 51.1 Å². The summed E-state index contributed by atoms with van der Waals surface area (Å²) in [6, 6.07) is 9.83. The van der Waals surface area contributed by atoms with Crippen LogP contribution in [-0.4, -0.2) is 10.9 Å². The fourth-order valence-corrected chi connectivity index (χ4v) is 1.92. The van der Waals surface area contributed by atoms with Gasteiger partial charge in [-0.15, -0.1) is 0 Å². The Kier molecular flexibility index (Phi) is 3.60. The second-order valence-electron chi connectivity index (χ2n) is 4.98. The molecule has 0 saturated carbocycles. The van der Waals surface area contributed by atoms with Crippen LogP contribution in [0.2, 0.25) is 0 Å². The highest BCUT2D eigenvalue weighted by Gasteiger charge is 2.08. The van der Waals surface area contributed by atoms with E-state index in [1.165, 1.54) is 0 Å². The molecule has 1 aromatic heterocycles. The van der Waals surface area contributed by atoms with Crippen LogP contribution in [0.4, 0.5) is 5.69 Å². The van der Waals surface area contributed by atoms with Crippen molar-refractivity contribution in [2.45, 2.75) is 27.2 Å². The lowest BCUT2D eigenvalue weighted by atomic mass is 10.1. The molecule has 1 aromatic carbocycles. The average Bonchev–Trinajstić information content (AvgIpc) is 2.28. The van der Waals surface area contributed by atoms with Gasteiger partial charge >= 0.3 is 0 Å². The number of carbonyl (C=O) groups is 1. The van der Waals surface area contributed by atoms with Gasteiger partial charge in [0.25, 0.3) is 0 Å². The summed E-state index contributed by atoms with van der Waals surface area (Å²) in [4.78, 5) is 16.3. The standard InChI is InChI=1S/C15H18N2O.H2/c1-10(2)9-14(18)17-13-6-4-5-12-8-7-11(3)16-15(12)13;/h4-8,10H,9H2,1-3H3,(H,17,18);1H. The second kappa shape index (κ2) is 5.17. The number of anilines is 1. The molecule has 0 aliphatic heterocycles. The fraction of sp³-hybridized carbons (Fsp3) is 0.333. The van der Waals surface area contributed by atoms with Crippen molar-refractivity contribution in [3.63, 3.8) is 0 Å². The molecule has 2 aromatic rings. The summed E-state index contributed by atoms with van der Waals surface area (Å²) in [6.45, 7) is 6.02. The summed E-state index contributed by atoms with van der Waals surface area (Å²) in [5.74, 6) is 0.399. The summed E-state index contributed by atoms with van der Waals surface area (Å²) >= 11 is 0. The Morgan fingerprint density at radius 3 is 2.83 bits per heavy atom. The maximum Gasteiger partial charge on any atom is 0.224 e. The Balaban J connectivity index is 0.00000180. The molecule has 0 fully saturated rings. The van der Waals surface area contributed by atoms with Gasteiger partial charge in [-0.3, -0.25) is 9.78 Å². The topological polar surface area (TPSA) is 42.0 Å². The molecule has 3 heteroatoms. The van der Waals surface area contributed by atoms with E-state index in [-0.39, 0.29) is 7.33 Å². The molecule has 0 aliphatic carbocycles. The van der Waals surface area contributed by atoms with E-state index in [0.717, 1.165) is 22.3 Å². The van der Waals surface area contributed by atoms with Crippen LogP contribution in [0.3, 0.4) is 0 Å². The average molecular weight is 244 g/mol. The van der Waals surface area contributed by atoms with Gasteiger partial charge in [-0.05, 0) is 25.0 Å². The Morgan fingerprint density at radius 2 is 2.11 bits per heavy atom. The van der Waals surface area contributed by atoms with Crippen molar-refractivity contribution in [3.8, 4) is 0 Å². The quantitative estimate of drug-likeness (QED) is 0.892. The molecule has 3 nitrogen and oxygen atoms in total. The van der Waals surface area contributed by atoms with Gasteiger partial charge in [0.1, 0.15) is 0 Å². The number of nitrogens with zero attached hydrogens (tertiary/aromatic N) is 1. The van der Waals surface area contributed by atoms with E-state index in [2.05, 4.69) is 10.3 Å². The van der Waals surface area contributed by atoms with Crippen LogP contribution in [0.5, 0.6) is 0 Å². The molecule has 2 rings (SSSR count). The van der Waals surface area contributed by atoms with Gasteiger partial charge in [0.15, 0.2) is 0 Å². The number of aryl methyl sites for hydroxylation is 1. The molecule has 0 saturated heterocycles. The summed E-state index contributed by atoms with van der Waals surface area (Å²) in [7, 11) is 0. The third-order valence-electron chi connectivity index (χ3n) is 2.73. The van der Waals surface area contributed by atoms with Crippen LogP contribution in [0.1, 0.15) is 27.4 Å². The number of aromatic nitrogens is 1. The molecular formula is C15H20N2O. The molecule has 0 atom stereocenters. The molecule has 0 bridgehead atoms. The fourth-order valence-electron chi connectivity index (χ4n) is 1.92. The van der Waals surface area contributed by atoms with E-state index >= 15 is 0 Å². The number of rotatable bonds is 3. The number of hydrogen-bond acceptors (Lipinski definition) is 2. The second-order valence-corrected chi connectivity index (χ2v) is 4.98. The largest absolute Gasteiger partial charge is 0.324 e. The van der Waals surface area contributed by atoms with Gasteiger partial charge in [-0.25, -0.2) is 0 Å². The zero-order chi connectivity index (χ0) is 13.1. The summed E-state index contributed by atoms with van der Waals surface area (Å²) in [6.07, 6.45) is 0.530. The third kappa shape index (κ3) is 2.86. The zero-order valence-corrected chi connectivity index (χ0v) is 11.0. The van der Waals surface area contributed by atoms with Gasteiger partial charge < -0.3 is 5.32 Å². The molecule has 0 unspecified atom stereocenters. The summed E-state index contributed by atoms with van der Waals surface area (Å²) < 4.78 is 0. The van der Waals surface area contributed by atoms with Crippen molar-refractivity contribution >= 4 is 22.5 Å². The van der Waals surface area contributed by atoms with Crippen molar-refractivity contribution in [3.05, 3.63) is 36.0 Å². The molecule has 18 heavy (non-hydrogen) atoms. The Labute approximate surface area is 109 Å². The monoisotopic (exact) mass is 244 g/mol. The number of hydrogen-bond donors (Lipinski definition) is 1. The maximum absolute atomic E-state index is 11.8. The highest BCUT2D eigenvalue weighted by Crippen LogP contribution is 2.22. The number of fused-ring (bicyclic) bond motifs is 1. The summed E-state index contributed by atoms with van der Waals surface area (Å²) in [5.41, 5.74) is 2.60. The van der Waals surface area contributed by atoms with Crippen LogP contribution < -0.4 is 5.32 Å². The number of para-hydroxylation sites is 1. The molecule has 0 radical (unpaired) electrons. The predicted molar refractivity (Wildman–Crippen MR) is 76.7 cm³/mol. The number of pyridine rings is 1. The highest BCUT2D eigenvalue weighted by atomic mass is 16.1. The number of carbonyl (C=O) groups excluding carboxylic acids is 1. The minimum atomic E-state index is 0. The Hall–Kier alpha value is -1.90. The van der Waals surface area contributed by atoms with Gasteiger partial charge in [0.2, 0.25) is 5.91 Å². The first kappa shape index (κ1) is 12.6. The van der Waals surface area contributed by atoms with E-state index in [9.17, 15) is 4.79 Å². The number of amides is 1. The first-order valence-corrected chi connectivity index (χ1v) is 6.22. The lowest BCUT2D eigenvalue weighted by Crippen LogP contribution is -2.14. The number of benzene rings is 1. The molecule has 1 amide bonds. The first-order valence-electron chi connectivity index (χ1n) is 6.22. The molecule has 96 valence electrons. The number of nitrogens with one attached hydrogen (secondary N) is 1. The molecule has 0 aliphatic rings. The van der Waals surface area contributed by atoms with E-state index in [1.54, 1.807) is 0 Å². The molecule has 1 N–H and O–H groups in total. The summed E-state index contributed by atoms with van der Waals surface area (Å²) in [5, 5.41) is 3.99. The maximum atomic E-state index is 11.8. The van der Waals surface area contributed by atoms with Crippen molar-refractivity contribution in [2.75, 3.05) is 5.32 Å². The molecular weight excluding hydrogens is 224 g/mol. The van der Waals surface area contributed by atoms with Crippen molar-refractivity contribution in [2.24, 2.45) is 5.92 Å². The van der Waals surface area contributed by atoms with Crippen molar-refractivity contribution in [1.82, 2.24) is 4.98 Å². The van der Waals surface area contributed by atoms with Crippen LogP contribution >= 0.6 is 0 Å². The smallest absolute Gasteiger partial charge is 0.224 e. The van der Waals surface area contributed by atoms with Gasteiger partial charge in [-0.2, -0.15) is 0 Å². The van der Waals surface area contributed by atoms with Crippen molar-refractivity contribution < 1.29 is 6.22 Å². The van der Waals surface area contributed by atoms with Crippen molar-refractivity contribution in [1.29, 1.82) is 0 Å². The Morgan fingerprint density at radius 1 is 1.33 bits per heavy atom. The van der Waals surface area contributed by atoms with E-state index in [0.29, 0.717) is 12.3 Å². The predicted octanol–water partition coefficient (Wildman–Crippen LogP) is 3.77. The first-order chi connectivity index (χ1) is 8.56. The molecule has 1 heterocycles. The minimum Gasteiger partial charge on any atom is -0.324 e. The van der Waals surface area contributed by atoms with Gasteiger partial charge in [0.05, 0.1) is 11.2 Å². The lowest BCUT2D eigenvalue weighted by Gasteiger charge is -2.09. The normalized spacial score (nSPS) is 10.9. The van der Waals surface area contributed by atoms with E-state index < -0.39 is 0 Å². The zero-order valence-electron chi connectivity index (χ0n) is 11.0. The highest BCUT2D eigenvalue weighted by molar-refractivity contribution is 6.00. The third-order valence-corrected chi connectivity index (χ3v) is 2.73.